The van der Waals surface area contributed by atoms with Gasteiger partial charge in [-0.05, 0) is 31.2 Å². The molecule has 0 fully saturated rings. The smallest absolute Gasteiger partial charge is 0.272 e. The van der Waals surface area contributed by atoms with Crippen molar-refractivity contribution in [2.45, 2.75) is 13.5 Å². The average molecular weight is 386 g/mol. The summed E-state index contributed by atoms with van der Waals surface area (Å²) in [6.45, 7) is 6.53. The highest BCUT2D eigenvalue weighted by molar-refractivity contribution is 6.36. The molecule has 0 spiro atoms. The third-order valence-corrected chi connectivity index (χ3v) is 4.67. The predicted molar refractivity (Wildman–Crippen MR) is 108 cm³/mol. The number of benzene rings is 2. The predicted octanol–water partition coefficient (Wildman–Crippen LogP) is 5.21. The van der Waals surface area contributed by atoms with Gasteiger partial charge in [-0.2, -0.15) is 5.10 Å². The maximum absolute atomic E-state index is 12.3. The van der Waals surface area contributed by atoms with Crippen LogP contribution in [0.3, 0.4) is 0 Å². The van der Waals surface area contributed by atoms with Crippen molar-refractivity contribution in [3.63, 3.8) is 0 Å². The van der Waals surface area contributed by atoms with E-state index in [2.05, 4.69) is 27.7 Å². The Morgan fingerprint density at radius 3 is 2.77 bits per heavy atom. The Morgan fingerprint density at radius 1 is 1.27 bits per heavy atom. The Morgan fingerprint density at radius 2 is 2.04 bits per heavy atom. The highest BCUT2D eigenvalue weighted by Crippen LogP contribution is 2.24. The maximum atomic E-state index is 12.3. The molecule has 0 aliphatic rings. The zero-order valence-electron chi connectivity index (χ0n) is 14.2. The number of hydrazone groups is 1. The molecule has 1 aromatic heterocycles. The Kier molecular flexibility index (Phi) is 5.45. The first-order valence-corrected chi connectivity index (χ1v) is 8.75. The topological polar surface area (TPSA) is 46.4 Å². The van der Waals surface area contributed by atoms with E-state index in [4.69, 9.17) is 23.2 Å². The van der Waals surface area contributed by atoms with E-state index in [-0.39, 0.29) is 5.02 Å². The number of carbonyl (C=O) groups is 1. The van der Waals surface area contributed by atoms with Crippen LogP contribution in [-0.4, -0.2) is 16.7 Å². The summed E-state index contributed by atoms with van der Waals surface area (Å²) < 4.78 is 2.15. The van der Waals surface area contributed by atoms with Gasteiger partial charge in [0.05, 0.1) is 16.8 Å². The fourth-order valence-corrected chi connectivity index (χ4v) is 3.37. The molecular formula is C20H17Cl2N3O. The number of aromatic nitrogens is 1. The number of nitrogens with one attached hydrogen (secondary N) is 1. The minimum atomic E-state index is -0.393. The number of para-hydroxylation sites is 1. The van der Waals surface area contributed by atoms with E-state index in [0.29, 0.717) is 17.1 Å². The average Bonchev–Trinajstić information content (AvgIpc) is 2.88. The summed E-state index contributed by atoms with van der Waals surface area (Å²) in [7, 11) is 0. The molecule has 26 heavy (non-hydrogen) atoms. The monoisotopic (exact) mass is 385 g/mol. The summed E-state index contributed by atoms with van der Waals surface area (Å²) in [4.78, 5) is 12.3. The minimum absolute atomic E-state index is 0.281. The molecule has 6 heteroatoms. The van der Waals surface area contributed by atoms with Crippen molar-refractivity contribution in [2.24, 2.45) is 5.10 Å². The van der Waals surface area contributed by atoms with Gasteiger partial charge >= 0.3 is 0 Å². The molecule has 0 radical (unpaired) electrons. The van der Waals surface area contributed by atoms with Crippen LogP contribution in [0.15, 0.2) is 60.2 Å². The van der Waals surface area contributed by atoms with Crippen LogP contribution in [0.5, 0.6) is 0 Å². The molecule has 0 bridgehead atoms. The molecule has 0 atom stereocenters. The van der Waals surface area contributed by atoms with Crippen molar-refractivity contribution in [3.8, 4) is 0 Å². The Hall–Kier alpha value is -2.56. The van der Waals surface area contributed by atoms with Gasteiger partial charge in [0.15, 0.2) is 0 Å². The number of allylic oxidation sites excluding steroid dienone is 1. The fraction of sp³-hybridized carbons (Fsp3) is 0.100. The van der Waals surface area contributed by atoms with Crippen molar-refractivity contribution in [3.05, 3.63) is 82.0 Å². The number of hydrogen-bond acceptors (Lipinski definition) is 2. The molecule has 3 aromatic rings. The second kappa shape index (κ2) is 7.77. The summed E-state index contributed by atoms with van der Waals surface area (Å²) in [5.41, 5.74) is 5.93. The van der Waals surface area contributed by atoms with Crippen LogP contribution in [0, 0.1) is 6.92 Å². The standard InChI is InChI=1S/C20H17Cl2N3O/c1-3-10-25-13(2)17(15-6-4-5-7-19(15)25)12-23-24-20(26)16-9-8-14(21)11-18(16)22/h3-9,11-12H,1,10H2,2H3,(H,24,26)/b23-12+. The van der Waals surface area contributed by atoms with Crippen LogP contribution in [0.4, 0.5) is 0 Å². The number of hydrogen-bond donors (Lipinski definition) is 1. The number of halogens is 2. The Labute approximate surface area is 161 Å². The highest BCUT2D eigenvalue weighted by Gasteiger charge is 2.12. The van der Waals surface area contributed by atoms with E-state index in [1.807, 2.05) is 31.2 Å². The van der Waals surface area contributed by atoms with Crippen molar-refractivity contribution in [2.75, 3.05) is 0 Å². The second-order valence-electron chi connectivity index (χ2n) is 5.74. The molecule has 0 aliphatic carbocycles. The normalized spacial score (nSPS) is 11.2. The summed E-state index contributed by atoms with van der Waals surface area (Å²) in [5, 5.41) is 5.93. The minimum Gasteiger partial charge on any atom is -0.340 e. The first kappa shape index (κ1) is 18.2. The summed E-state index contributed by atoms with van der Waals surface area (Å²) in [5.74, 6) is -0.393. The van der Waals surface area contributed by atoms with E-state index < -0.39 is 5.91 Å². The lowest BCUT2D eigenvalue weighted by atomic mass is 10.1. The zero-order chi connectivity index (χ0) is 18.7. The van der Waals surface area contributed by atoms with Crippen LogP contribution >= 0.6 is 23.2 Å². The van der Waals surface area contributed by atoms with Crippen molar-refractivity contribution < 1.29 is 4.79 Å². The van der Waals surface area contributed by atoms with Crippen LogP contribution < -0.4 is 5.43 Å². The number of nitrogens with zero attached hydrogens (tertiary/aromatic N) is 2. The van der Waals surface area contributed by atoms with Gasteiger partial charge in [-0.1, -0.05) is 47.5 Å². The largest absolute Gasteiger partial charge is 0.340 e. The number of fused-ring (bicyclic) bond motifs is 1. The summed E-state index contributed by atoms with van der Waals surface area (Å²) in [6, 6.07) is 12.7. The van der Waals surface area contributed by atoms with Crippen molar-refractivity contribution >= 4 is 46.2 Å². The molecular weight excluding hydrogens is 369 g/mol. The van der Waals surface area contributed by atoms with Crippen LogP contribution in [-0.2, 0) is 6.54 Å². The molecule has 0 unspecified atom stereocenters. The number of amides is 1. The quantitative estimate of drug-likeness (QED) is 0.365. The van der Waals surface area contributed by atoms with Gasteiger partial charge in [-0.15, -0.1) is 6.58 Å². The van der Waals surface area contributed by atoms with Gasteiger partial charge < -0.3 is 4.57 Å². The maximum Gasteiger partial charge on any atom is 0.272 e. The van der Waals surface area contributed by atoms with Gasteiger partial charge in [0.25, 0.3) is 5.91 Å². The summed E-state index contributed by atoms with van der Waals surface area (Å²) in [6.07, 6.45) is 3.50. The van der Waals surface area contributed by atoms with Gasteiger partial charge in [0, 0.05) is 33.7 Å². The van der Waals surface area contributed by atoms with Crippen LogP contribution in [0.1, 0.15) is 21.6 Å². The molecule has 1 amide bonds. The zero-order valence-corrected chi connectivity index (χ0v) is 15.7. The Balaban J connectivity index is 1.88. The second-order valence-corrected chi connectivity index (χ2v) is 6.58. The molecule has 4 nitrogen and oxygen atoms in total. The van der Waals surface area contributed by atoms with E-state index >= 15 is 0 Å². The lowest BCUT2D eigenvalue weighted by molar-refractivity contribution is 0.0955. The molecule has 2 aromatic carbocycles. The van der Waals surface area contributed by atoms with Gasteiger partial charge in [-0.25, -0.2) is 5.43 Å². The SMILES string of the molecule is C=CCn1c(C)c(/C=N/NC(=O)c2ccc(Cl)cc2Cl)c2ccccc21. The van der Waals surface area contributed by atoms with Crippen LogP contribution in [0.2, 0.25) is 10.0 Å². The molecule has 132 valence electrons. The van der Waals surface area contributed by atoms with Gasteiger partial charge in [0.1, 0.15) is 0 Å². The van der Waals surface area contributed by atoms with E-state index in [1.54, 1.807) is 18.3 Å². The summed E-state index contributed by atoms with van der Waals surface area (Å²) >= 11 is 11.9. The molecule has 1 N–H and O–H groups in total. The number of rotatable bonds is 5. The lowest BCUT2D eigenvalue weighted by Gasteiger charge is -2.04. The van der Waals surface area contributed by atoms with E-state index in [1.165, 1.54) is 6.07 Å². The Bertz CT molecular complexity index is 1020. The molecule has 0 saturated carbocycles. The molecule has 1 heterocycles. The van der Waals surface area contributed by atoms with Crippen molar-refractivity contribution in [1.82, 2.24) is 9.99 Å². The van der Waals surface area contributed by atoms with Gasteiger partial charge in [-0.3, -0.25) is 4.79 Å². The fourth-order valence-electron chi connectivity index (χ4n) is 2.87. The molecule has 0 aliphatic heterocycles. The molecule has 3 rings (SSSR count). The van der Waals surface area contributed by atoms with Crippen molar-refractivity contribution in [1.29, 1.82) is 0 Å². The number of carbonyl (C=O) groups excluding carboxylic acids is 1. The van der Waals surface area contributed by atoms with Gasteiger partial charge in [0.2, 0.25) is 0 Å². The highest BCUT2D eigenvalue weighted by atomic mass is 35.5. The van der Waals surface area contributed by atoms with Crippen LogP contribution in [0.25, 0.3) is 10.9 Å². The lowest BCUT2D eigenvalue weighted by Crippen LogP contribution is -2.18. The van der Waals surface area contributed by atoms with E-state index in [9.17, 15) is 4.79 Å². The first-order chi connectivity index (χ1) is 12.5. The third-order valence-electron chi connectivity index (χ3n) is 4.13. The first-order valence-electron chi connectivity index (χ1n) is 8.00. The van der Waals surface area contributed by atoms with E-state index in [0.717, 1.165) is 22.2 Å². The third kappa shape index (κ3) is 3.52. The molecule has 0 saturated heterocycles.